The average molecular weight is 697 g/mol. The van der Waals surface area contributed by atoms with Gasteiger partial charge in [0, 0.05) is 5.41 Å². The molecule has 0 atom stereocenters. The van der Waals surface area contributed by atoms with Crippen LogP contribution in [0.15, 0.2) is 182 Å². The lowest BCUT2D eigenvalue weighted by Gasteiger charge is -2.23. The topological polar surface area (TPSA) is 0 Å². The lowest BCUT2D eigenvalue weighted by molar-refractivity contribution is 0.662. The van der Waals surface area contributed by atoms with Crippen LogP contribution in [0.2, 0.25) is 0 Å². The summed E-state index contributed by atoms with van der Waals surface area (Å²) in [5.74, 6) is 0. The molecule has 256 valence electrons. The van der Waals surface area contributed by atoms with Crippen LogP contribution >= 0.6 is 0 Å². The van der Waals surface area contributed by atoms with E-state index < -0.39 is 0 Å². The highest BCUT2D eigenvalue weighted by molar-refractivity contribution is 6.28. The molecule has 0 amide bonds. The lowest BCUT2D eigenvalue weighted by atomic mass is 9.80. The number of benzene rings is 11. The van der Waals surface area contributed by atoms with E-state index in [2.05, 4.69) is 196 Å². The third-order valence-electron chi connectivity index (χ3n) is 12.8. The van der Waals surface area contributed by atoms with Crippen LogP contribution in [0.4, 0.5) is 0 Å². The van der Waals surface area contributed by atoms with Crippen LogP contribution in [0.3, 0.4) is 0 Å². The molecule has 0 saturated heterocycles. The molecular weight excluding hydrogens is 661 g/mol. The zero-order valence-electron chi connectivity index (χ0n) is 30.8. The van der Waals surface area contributed by atoms with E-state index in [9.17, 15) is 0 Å². The van der Waals surface area contributed by atoms with Crippen molar-refractivity contribution < 1.29 is 0 Å². The summed E-state index contributed by atoms with van der Waals surface area (Å²) in [5.41, 5.74) is 10.4. The van der Waals surface area contributed by atoms with E-state index in [0.717, 1.165) is 0 Å². The molecule has 1 aliphatic carbocycles. The molecule has 0 heteroatoms. The molecule has 0 N–H and O–H groups in total. The fraction of sp³-hybridized carbons (Fsp3) is 0.0545. The van der Waals surface area contributed by atoms with E-state index in [-0.39, 0.29) is 5.41 Å². The van der Waals surface area contributed by atoms with Crippen LogP contribution in [-0.2, 0) is 5.41 Å². The van der Waals surface area contributed by atoms with Crippen molar-refractivity contribution >= 4 is 75.4 Å². The Morgan fingerprint density at radius 2 is 0.636 bits per heavy atom. The van der Waals surface area contributed by atoms with Gasteiger partial charge in [-0.3, -0.25) is 0 Å². The zero-order chi connectivity index (χ0) is 36.4. The molecule has 11 aromatic carbocycles. The van der Waals surface area contributed by atoms with Gasteiger partial charge in [-0.25, -0.2) is 0 Å². The van der Waals surface area contributed by atoms with E-state index >= 15 is 0 Å². The number of fused-ring (bicyclic) bond motifs is 16. The lowest BCUT2D eigenvalue weighted by Crippen LogP contribution is -2.15. The number of hydrogen-bond donors (Lipinski definition) is 0. The first-order valence-electron chi connectivity index (χ1n) is 19.4. The van der Waals surface area contributed by atoms with Gasteiger partial charge < -0.3 is 0 Å². The number of hydrogen-bond acceptors (Lipinski definition) is 0. The van der Waals surface area contributed by atoms with Crippen LogP contribution in [-0.4, -0.2) is 0 Å². The second-order valence-corrected chi connectivity index (χ2v) is 16.0. The van der Waals surface area contributed by atoms with Crippen LogP contribution < -0.4 is 0 Å². The van der Waals surface area contributed by atoms with Crippen molar-refractivity contribution in [3.05, 3.63) is 193 Å². The summed E-state index contributed by atoms with van der Waals surface area (Å²) in [7, 11) is 0. The second kappa shape index (κ2) is 11.1. The highest BCUT2D eigenvalue weighted by Crippen LogP contribution is 2.53. The molecule has 0 unspecified atom stereocenters. The van der Waals surface area contributed by atoms with E-state index in [1.165, 1.54) is 120 Å². The van der Waals surface area contributed by atoms with E-state index in [0.29, 0.717) is 0 Å². The molecule has 0 aromatic heterocycles. The maximum absolute atomic E-state index is 2.53. The first-order valence-corrected chi connectivity index (χ1v) is 19.4. The Morgan fingerprint density at radius 3 is 1.18 bits per heavy atom. The smallest absolute Gasteiger partial charge is 0.0159 e. The highest BCUT2D eigenvalue weighted by Gasteiger charge is 2.37. The summed E-state index contributed by atoms with van der Waals surface area (Å²) < 4.78 is 0. The molecule has 0 fully saturated rings. The van der Waals surface area contributed by atoms with Gasteiger partial charge in [0.05, 0.1) is 0 Å². The van der Waals surface area contributed by atoms with E-state index in [1.54, 1.807) is 0 Å². The summed E-state index contributed by atoms with van der Waals surface area (Å²) >= 11 is 0. The summed E-state index contributed by atoms with van der Waals surface area (Å²) in [6.45, 7) is 4.84. The summed E-state index contributed by atoms with van der Waals surface area (Å²) in [5, 5.41) is 18.4. The highest BCUT2D eigenvalue weighted by atomic mass is 14.4. The first kappa shape index (κ1) is 30.7. The van der Waals surface area contributed by atoms with Gasteiger partial charge in [0.1, 0.15) is 0 Å². The third kappa shape index (κ3) is 4.28. The molecule has 0 bridgehead atoms. The van der Waals surface area contributed by atoms with Crippen molar-refractivity contribution in [2.24, 2.45) is 0 Å². The summed E-state index contributed by atoms with van der Waals surface area (Å²) in [6, 6.07) is 68.3. The Bertz CT molecular complexity index is 3430. The first-order chi connectivity index (χ1) is 27.0. The maximum Gasteiger partial charge on any atom is 0.0159 e. The van der Waals surface area contributed by atoms with Gasteiger partial charge >= 0.3 is 0 Å². The van der Waals surface area contributed by atoms with Crippen LogP contribution in [0.1, 0.15) is 25.0 Å². The van der Waals surface area contributed by atoms with Crippen molar-refractivity contribution in [1.82, 2.24) is 0 Å². The van der Waals surface area contributed by atoms with Crippen LogP contribution in [0.5, 0.6) is 0 Å². The fourth-order valence-electron chi connectivity index (χ4n) is 10.1. The Balaban J connectivity index is 1.05. The Kier molecular flexibility index (Phi) is 6.21. The summed E-state index contributed by atoms with van der Waals surface area (Å²) in [6.07, 6.45) is 0. The van der Waals surface area contributed by atoms with Gasteiger partial charge in [0.15, 0.2) is 0 Å². The van der Waals surface area contributed by atoms with Gasteiger partial charge in [0.25, 0.3) is 0 Å². The SMILES string of the molecule is CC1(C)c2cc3c4ccccc4c4ccccc4c3cc2-c2cc3c4ccccc4c4cc(-c5ccc(-c6cccc7ccccc67)cc5)ccc4c3cc21. The number of rotatable bonds is 2. The van der Waals surface area contributed by atoms with Gasteiger partial charge in [-0.2, -0.15) is 0 Å². The zero-order valence-corrected chi connectivity index (χ0v) is 30.8. The third-order valence-corrected chi connectivity index (χ3v) is 12.8. The molecule has 12 rings (SSSR count). The molecule has 0 spiro atoms. The van der Waals surface area contributed by atoms with Crippen LogP contribution in [0, 0.1) is 0 Å². The van der Waals surface area contributed by atoms with Crippen molar-refractivity contribution in [1.29, 1.82) is 0 Å². The molecule has 1 aliphatic rings. The molecular formula is C55H36. The average Bonchev–Trinajstić information content (AvgIpc) is 3.46. The van der Waals surface area contributed by atoms with Gasteiger partial charge in [-0.05, 0) is 150 Å². The van der Waals surface area contributed by atoms with Crippen molar-refractivity contribution in [2.45, 2.75) is 19.3 Å². The molecule has 0 saturated carbocycles. The molecule has 0 nitrogen and oxygen atoms in total. The van der Waals surface area contributed by atoms with E-state index in [4.69, 9.17) is 0 Å². The van der Waals surface area contributed by atoms with Crippen LogP contribution in [0.25, 0.3) is 109 Å². The minimum Gasteiger partial charge on any atom is -0.0616 e. The molecule has 0 radical (unpaired) electrons. The van der Waals surface area contributed by atoms with Gasteiger partial charge in [0.2, 0.25) is 0 Å². The minimum atomic E-state index is -0.149. The largest absolute Gasteiger partial charge is 0.0616 e. The quantitative estimate of drug-likeness (QED) is 0.158. The molecule has 0 aliphatic heterocycles. The van der Waals surface area contributed by atoms with E-state index in [1.807, 2.05) is 0 Å². The standard InChI is InChI=1S/C55H36/c1-55(2)53-31-49-42-18-8-6-16-40(42)39-15-5-7-17-41(39)47(49)29-51(53)52-30-48-44-20-10-9-19-43(44)46-28-36(26-27-45(46)50(48)32-54(52)55)33-22-24-35(25-23-33)38-21-11-13-34-12-3-4-14-37(34)38/h3-32H,1-2H3. The van der Waals surface area contributed by atoms with Crippen molar-refractivity contribution in [2.75, 3.05) is 0 Å². The molecule has 55 heavy (non-hydrogen) atoms. The van der Waals surface area contributed by atoms with Crippen molar-refractivity contribution in [3.8, 4) is 33.4 Å². The predicted molar refractivity (Wildman–Crippen MR) is 237 cm³/mol. The van der Waals surface area contributed by atoms with Crippen molar-refractivity contribution in [3.63, 3.8) is 0 Å². The second-order valence-electron chi connectivity index (χ2n) is 16.0. The predicted octanol–water partition coefficient (Wildman–Crippen LogP) is 15.4. The molecule has 11 aromatic rings. The van der Waals surface area contributed by atoms with Gasteiger partial charge in [-0.15, -0.1) is 0 Å². The Morgan fingerprint density at radius 1 is 0.255 bits per heavy atom. The summed E-state index contributed by atoms with van der Waals surface area (Å²) in [4.78, 5) is 0. The fourth-order valence-corrected chi connectivity index (χ4v) is 10.1. The monoisotopic (exact) mass is 696 g/mol. The maximum atomic E-state index is 2.53. The Labute approximate surface area is 319 Å². The molecule has 0 heterocycles. The Hall–Kier alpha value is -6.76. The van der Waals surface area contributed by atoms with Gasteiger partial charge in [-0.1, -0.05) is 166 Å². The minimum absolute atomic E-state index is 0.149. The normalized spacial score (nSPS) is 13.4.